The van der Waals surface area contributed by atoms with Crippen LogP contribution in [0.5, 0.6) is 5.88 Å². The maximum Gasteiger partial charge on any atom is 0.242 e. The normalized spacial score (nSPS) is 15.9. The van der Waals surface area contributed by atoms with Gasteiger partial charge in [0, 0.05) is 7.05 Å². The van der Waals surface area contributed by atoms with Crippen LogP contribution in [0.4, 0.5) is 0 Å². The lowest BCUT2D eigenvalue weighted by molar-refractivity contribution is -0.130. The minimum absolute atomic E-state index is 0.0910. The van der Waals surface area contributed by atoms with Crippen LogP contribution in [0.3, 0.4) is 0 Å². The number of hydrogen-bond donors (Lipinski definition) is 1. The van der Waals surface area contributed by atoms with Crippen molar-refractivity contribution in [1.82, 2.24) is 25.4 Å². The highest BCUT2D eigenvalue weighted by molar-refractivity contribution is 5.87. The van der Waals surface area contributed by atoms with Crippen molar-refractivity contribution in [3.63, 3.8) is 0 Å². The molecule has 1 amide bonds. The molecule has 0 atom stereocenters. The van der Waals surface area contributed by atoms with Gasteiger partial charge in [-0.25, -0.2) is 9.97 Å². The molecule has 1 N–H and O–H groups in total. The van der Waals surface area contributed by atoms with Crippen molar-refractivity contribution in [2.24, 2.45) is 0 Å². The largest absolute Gasteiger partial charge is 0.477 e. The second-order valence-electron chi connectivity index (χ2n) is 5.11. The third-order valence-electron chi connectivity index (χ3n) is 3.85. The molecular weight excluding hydrogens is 286 g/mol. The predicted molar refractivity (Wildman–Crippen MR) is 76.1 cm³/mol. The van der Waals surface area contributed by atoms with Crippen molar-refractivity contribution >= 4 is 5.91 Å². The maximum absolute atomic E-state index is 12.1. The van der Waals surface area contributed by atoms with Crippen LogP contribution < -0.4 is 10.1 Å². The average Bonchev–Trinajstić information content (AvgIpc) is 2.97. The Morgan fingerprint density at radius 2 is 2.23 bits per heavy atom. The second kappa shape index (κ2) is 5.70. The number of carbonyl (C=O) groups is 1. The fraction of sp³-hybridized carbons (Fsp3) is 0.500. The minimum Gasteiger partial charge on any atom is -0.477 e. The maximum atomic E-state index is 12.1. The van der Waals surface area contributed by atoms with Gasteiger partial charge in [0.15, 0.2) is 0 Å². The first-order valence-electron chi connectivity index (χ1n) is 7.21. The van der Waals surface area contributed by atoms with Crippen LogP contribution in [0.2, 0.25) is 0 Å². The van der Waals surface area contributed by atoms with Crippen molar-refractivity contribution < 1.29 is 14.1 Å². The van der Waals surface area contributed by atoms with Crippen molar-refractivity contribution in [2.45, 2.75) is 31.6 Å². The molecule has 0 radical (unpaired) electrons. The van der Waals surface area contributed by atoms with Gasteiger partial charge in [0.05, 0.1) is 19.0 Å². The van der Waals surface area contributed by atoms with E-state index in [2.05, 4.69) is 25.4 Å². The Hall–Kier alpha value is -2.51. The van der Waals surface area contributed by atoms with Crippen LogP contribution >= 0.6 is 0 Å². The van der Waals surface area contributed by atoms with Gasteiger partial charge >= 0.3 is 0 Å². The molecule has 1 aliphatic rings. The highest BCUT2D eigenvalue weighted by atomic mass is 16.5. The minimum atomic E-state index is -0.696. The summed E-state index contributed by atoms with van der Waals surface area (Å²) in [5.74, 6) is 1.01. The van der Waals surface area contributed by atoms with Gasteiger partial charge in [-0.05, 0) is 19.8 Å². The van der Waals surface area contributed by atoms with Gasteiger partial charge < -0.3 is 14.6 Å². The van der Waals surface area contributed by atoms with Gasteiger partial charge in [-0.3, -0.25) is 4.79 Å². The monoisotopic (exact) mass is 303 g/mol. The van der Waals surface area contributed by atoms with Gasteiger partial charge in [-0.1, -0.05) is 11.6 Å². The van der Waals surface area contributed by atoms with Gasteiger partial charge in [-0.15, -0.1) is 0 Å². The Morgan fingerprint density at radius 3 is 2.77 bits per heavy atom. The molecule has 0 saturated heterocycles. The molecule has 0 aliphatic heterocycles. The Bertz CT molecular complexity index is 663. The third-order valence-corrected chi connectivity index (χ3v) is 3.85. The smallest absolute Gasteiger partial charge is 0.242 e. The molecule has 1 fully saturated rings. The average molecular weight is 303 g/mol. The number of nitrogens with one attached hydrogen (secondary N) is 1. The summed E-state index contributed by atoms with van der Waals surface area (Å²) < 4.78 is 10.5. The van der Waals surface area contributed by atoms with Crippen molar-refractivity contribution in [1.29, 1.82) is 0 Å². The number of hydrogen-bond acceptors (Lipinski definition) is 7. The van der Waals surface area contributed by atoms with Gasteiger partial charge in [0.1, 0.15) is 11.1 Å². The van der Waals surface area contributed by atoms with E-state index in [9.17, 15) is 4.79 Å². The lowest BCUT2D eigenvalue weighted by atomic mass is 9.68. The fourth-order valence-corrected chi connectivity index (χ4v) is 2.48. The molecule has 2 heterocycles. The van der Waals surface area contributed by atoms with E-state index in [0.717, 1.165) is 6.42 Å². The summed E-state index contributed by atoms with van der Waals surface area (Å²) in [7, 11) is 1.61. The number of carbonyl (C=O) groups excluding carboxylic acids is 1. The van der Waals surface area contributed by atoms with E-state index in [1.165, 1.54) is 12.4 Å². The molecule has 0 bridgehead atoms. The van der Waals surface area contributed by atoms with Crippen molar-refractivity contribution in [3.8, 4) is 17.4 Å². The van der Waals surface area contributed by atoms with E-state index in [1.54, 1.807) is 7.05 Å². The number of amides is 1. The zero-order valence-corrected chi connectivity index (χ0v) is 12.5. The third kappa shape index (κ3) is 2.30. The lowest BCUT2D eigenvalue weighted by Crippen LogP contribution is -2.48. The van der Waals surface area contributed by atoms with Gasteiger partial charge in [0.25, 0.3) is 0 Å². The molecule has 116 valence electrons. The zero-order valence-electron chi connectivity index (χ0n) is 12.5. The van der Waals surface area contributed by atoms with Crippen molar-refractivity contribution in [3.05, 3.63) is 18.3 Å². The van der Waals surface area contributed by atoms with E-state index >= 15 is 0 Å². The SMILES string of the molecule is CCOc1cnc(-c2noc(C3(C(=O)NC)CCC3)n2)cn1. The zero-order chi connectivity index (χ0) is 15.6. The van der Waals surface area contributed by atoms with Gasteiger partial charge in [-0.2, -0.15) is 4.98 Å². The van der Waals surface area contributed by atoms with Crippen LogP contribution in [-0.4, -0.2) is 39.7 Å². The standard InChI is InChI=1S/C14H17N5O3/c1-3-21-10-8-16-9(7-17-10)11-18-13(22-19-11)14(5-4-6-14)12(20)15-2/h7-8H,3-6H2,1-2H3,(H,15,20). The number of likely N-dealkylation sites (N-methyl/N-ethyl adjacent to an activating group) is 1. The molecular formula is C14H17N5O3. The Morgan fingerprint density at radius 1 is 1.41 bits per heavy atom. The van der Waals surface area contributed by atoms with Crippen LogP contribution in [-0.2, 0) is 10.2 Å². The van der Waals surface area contributed by atoms with E-state index < -0.39 is 5.41 Å². The van der Waals surface area contributed by atoms with E-state index in [1.807, 2.05) is 6.92 Å². The molecule has 3 rings (SSSR count). The van der Waals surface area contributed by atoms with E-state index in [0.29, 0.717) is 42.7 Å². The van der Waals surface area contributed by atoms with E-state index in [-0.39, 0.29) is 5.91 Å². The van der Waals surface area contributed by atoms with E-state index in [4.69, 9.17) is 9.26 Å². The number of ether oxygens (including phenoxy) is 1. The summed E-state index contributed by atoms with van der Waals surface area (Å²) in [5, 5.41) is 6.58. The molecule has 0 aromatic carbocycles. The quantitative estimate of drug-likeness (QED) is 0.881. The fourth-order valence-electron chi connectivity index (χ4n) is 2.48. The van der Waals surface area contributed by atoms with Crippen LogP contribution in [0.15, 0.2) is 16.9 Å². The molecule has 0 unspecified atom stereocenters. The first-order chi connectivity index (χ1) is 10.7. The summed E-state index contributed by atoms with van der Waals surface area (Å²) >= 11 is 0. The van der Waals surface area contributed by atoms with Crippen LogP contribution in [0.1, 0.15) is 32.1 Å². The lowest BCUT2D eigenvalue weighted by Gasteiger charge is -2.35. The first-order valence-corrected chi connectivity index (χ1v) is 7.21. The molecule has 0 spiro atoms. The highest BCUT2D eigenvalue weighted by Crippen LogP contribution is 2.43. The Kier molecular flexibility index (Phi) is 3.74. The molecule has 1 aliphatic carbocycles. The second-order valence-corrected chi connectivity index (χ2v) is 5.11. The molecule has 8 heteroatoms. The van der Waals surface area contributed by atoms with Crippen molar-refractivity contribution in [2.75, 3.05) is 13.7 Å². The highest BCUT2D eigenvalue weighted by Gasteiger charge is 2.50. The van der Waals surface area contributed by atoms with Gasteiger partial charge in [0.2, 0.25) is 23.5 Å². The summed E-state index contributed by atoms with van der Waals surface area (Å²) in [6.45, 7) is 2.40. The molecule has 2 aromatic rings. The topological polar surface area (TPSA) is 103 Å². The Labute approximate surface area is 127 Å². The molecule has 1 saturated carbocycles. The predicted octanol–water partition coefficient (Wildman–Crippen LogP) is 1.09. The van der Waals surface area contributed by atoms with Crippen LogP contribution in [0.25, 0.3) is 11.5 Å². The molecule has 2 aromatic heterocycles. The summed E-state index contributed by atoms with van der Waals surface area (Å²) in [6, 6.07) is 0. The molecule has 8 nitrogen and oxygen atoms in total. The number of nitrogens with zero attached hydrogens (tertiary/aromatic N) is 4. The Balaban J connectivity index is 1.85. The summed E-state index contributed by atoms with van der Waals surface area (Å²) in [5.41, 5.74) is -0.219. The molecule has 22 heavy (non-hydrogen) atoms. The summed E-state index contributed by atoms with van der Waals surface area (Å²) in [4.78, 5) is 24.7. The van der Waals surface area contributed by atoms with Crippen LogP contribution in [0, 0.1) is 0 Å². The first kappa shape index (κ1) is 14.4. The summed E-state index contributed by atoms with van der Waals surface area (Å²) in [6.07, 6.45) is 5.42. The number of aromatic nitrogens is 4. The number of rotatable bonds is 5.